The van der Waals surface area contributed by atoms with Gasteiger partial charge in [0.2, 0.25) is 0 Å². The van der Waals surface area contributed by atoms with E-state index in [2.05, 4.69) is 19.8 Å². The van der Waals surface area contributed by atoms with Crippen LogP contribution in [0.3, 0.4) is 0 Å². The lowest BCUT2D eigenvalue weighted by Gasteiger charge is -2.37. The second kappa shape index (κ2) is 7.29. The molecule has 0 spiro atoms. The van der Waals surface area contributed by atoms with Crippen LogP contribution in [0.15, 0.2) is 36.8 Å². The number of primary amides is 1. The molecule has 2 N–H and O–H groups in total. The van der Waals surface area contributed by atoms with E-state index in [4.69, 9.17) is 5.73 Å². The average Bonchev–Trinajstić information content (AvgIpc) is 2.67. The summed E-state index contributed by atoms with van der Waals surface area (Å²) in [6.45, 7) is 4.89. The Balaban J connectivity index is 1.68. The lowest BCUT2D eigenvalue weighted by molar-refractivity contribution is 0.0983. The van der Waals surface area contributed by atoms with Gasteiger partial charge in [-0.25, -0.2) is 4.98 Å². The Morgan fingerprint density at radius 2 is 1.80 bits per heavy atom. The van der Waals surface area contributed by atoms with Gasteiger partial charge in [-0.1, -0.05) is 6.92 Å². The lowest BCUT2D eigenvalue weighted by atomic mass is 10.1. The van der Waals surface area contributed by atoms with Gasteiger partial charge in [0.1, 0.15) is 5.82 Å². The zero-order valence-corrected chi connectivity index (χ0v) is 14.2. The van der Waals surface area contributed by atoms with Crippen LogP contribution in [-0.4, -0.2) is 47.8 Å². The average molecular weight is 339 g/mol. The number of rotatable bonds is 5. The summed E-state index contributed by atoms with van der Waals surface area (Å²) < 4.78 is 0. The fourth-order valence-electron chi connectivity index (χ4n) is 2.97. The molecule has 0 atom stereocenters. The van der Waals surface area contributed by atoms with E-state index in [1.54, 1.807) is 12.4 Å². The van der Waals surface area contributed by atoms with Crippen LogP contribution in [0, 0.1) is 0 Å². The highest BCUT2D eigenvalue weighted by Crippen LogP contribution is 2.22. The first-order valence-electron chi connectivity index (χ1n) is 8.33. The van der Waals surface area contributed by atoms with Crippen LogP contribution in [0.5, 0.6) is 0 Å². The highest BCUT2D eigenvalue weighted by Gasteiger charge is 2.21. The van der Waals surface area contributed by atoms with Crippen LogP contribution in [0.25, 0.3) is 0 Å². The van der Waals surface area contributed by atoms with Crippen LogP contribution >= 0.6 is 0 Å². The molecule has 0 bridgehead atoms. The number of anilines is 2. The fraction of sp³-hybridized carbons (Fsp3) is 0.333. The molecule has 3 rings (SSSR count). The van der Waals surface area contributed by atoms with Gasteiger partial charge < -0.3 is 15.5 Å². The standard InChI is InChI=1S/C18H21N5O2/c1-2-16(24)13-3-4-17(21-11-13)23-9-7-22(8-10-23)15-5-6-20-12-14(15)18(19)25/h3-6,11-12H,2,7-10H2,1H3,(H2,19,25). The van der Waals surface area contributed by atoms with Gasteiger partial charge in [0, 0.05) is 56.8 Å². The van der Waals surface area contributed by atoms with Crippen molar-refractivity contribution in [1.29, 1.82) is 0 Å². The van der Waals surface area contributed by atoms with Crippen molar-refractivity contribution >= 4 is 23.2 Å². The Morgan fingerprint density at radius 3 is 2.40 bits per heavy atom. The zero-order valence-electron chi connectivity index (χ0n) is 14.2. The predicted molar refractivity (Wildman–Crippen MR) is 96.0 cm³/mol. The molecule has 0 aromatic carbocycles. The number of aromatic nitrogens is 2. The monoisotopic (exact) mass is 339 g/mol. The minimum atomic E-state index is -0.469. The summed E-state index contributed by atoms with van der Waals surface area (Å²) in [5, 5.41) is 0. The van der Waals surface area contributed by atoms with Crippen molar-refractivity contribution in [3.8, 4) is 0 Å². The van der Waals surface area contributed by atoms with Crippen LogP contribution in [0.2, 0.25) is 0 Å². The van der Waals surface area contributed by atoms with Crippen LogP contribution < -0.4 is 15.5 Å². The SMILES string of the molecule is CCC(=O)c1ccc(N2CCN(c3ccncc3C(N)=O)CC2)nc1. The molecule has 1 amide bonds. The quantitative estimate of drug-likeness (QED) is 0.830. The van der Waals surface area contributed by atoms with Crippen molar-refractivity contribution in [2.45, 2.75) is 13.3 Å². The van der Waals surface area contributed by atoms with Gasteiger partial charge in [0.15, 0.2) is 5.78 Å². The molecule has 3 heterocycles. The first-order valence-corrected chi connectivity index (χ1v) is 8.33. The summed E-state index contributed by atoms with van der Waals surface area (Å²) >= 11 is 0. The second-order valence-corrected chi connectivity index (χ2v) is 5.91. The minimum Gasteiger partial charge on any atom is -0.367 e. The summed E-state index contributed by atoms with van der Waals surface area (Å²) in [4.78, 5) is 36.0. The van der Waals surface area contributed by atoms with Gasteiger partial charge in [-0.3, -0.25) is 14.6 Å². The highest BCUT2D eigenvalue weighted by molar-refractivity contribution is 5.98. The van der Waals surface area contributed by atoms with E-state index in [0.717, 1.165) is 37.7 Å². The summed E-state index contributed by atoms with van der Waals surface area (Å²) in [5.41, 5.74) is 7.34. The number of carbonyl (C=O) groups is 2. The maximum Gasteiger partial charge on any atom is 0.252 e. The Labute approximate surface area is 146 Å². The van der Waals surface area contributed by atoms with E-state index in [9.17, 15) is 9.59 Å². The number of Topliss-reactive ketones (excluding diaryl/α,β-unsaturated/α-hetero) is 1. The summed E-state index contributed by atoms with van der Waals surface area (Å²) in [6, 6.07) is 5.54. The van der Waals surface area contributed by atoms with Crippen molar-refractivity contribution in [3.63, 3.8) is 0 Å². The molecule has 0 saturated carbocycles. The third-order valence-electron chi connectivity index (χ3n) is 4.40. The molecule has 1 aliphatic rings. The molecule has 1 fully saturated rings. The lowest BCUT2D eigenvalue weighted by Crippen LogP contribution is -2.47. The molecular weight excluding hydrogens is 318 g/mol. The number of ketones is 1. The Hall–Kier alpha value is -2.96. The third-order valence-corrected chi connectivity index (χ3v) is 4.40. The Kier molecular flexibility index (Phi) is 4.92. The van der Waals surface area contributed by atoms with Crippen LogP contribution in [0.1, 0.15) is 34.1 Å². The summed E-state index contributed by atoms with van der Waals surface area (Å²) in [6.07, 6.45) is 5.30. The van der Waals surface area contributed by atoms with Gasteiger partial charge in [-0.2, -0.15) is 0 Å². The number of nitrogens with zero attached hydrogens (tertiary/aromatic N) is 4. The number of nitrogens with two attached hydrogens (primary N) is 1. The van der Waals surface area contributed by atoms with Crippen molar-refractivity contribution in [1.82, 2.24) is 9.97 Å². The number of pyridine rings is 2. The highest BCUT2D eigenvalue weighted by atomic mass is 16.1. The molecule has 7 heteroatoms. The predicted octanol–water partition coefficient (Wildman–Crippen LogP) is 1.49. The Morgan fingerprint density at radius 1 is 1.08 bits per heavy atom. The first kappa shape index (κ1) is 16.9. The van der Waals surface area contributed by atoms with E-state index in [-0.39, 0.29) is 5.78 Å². The van der Waals surface area contributed by atoms with Gasteiger partial charge in [-0.05, 0) is 18.2 Å². The number of piperazine rings is 1. The number of amides is 1. The zero-order chi connectivity index (χ0) is 17.8. The first-order chi connectivity index (χ1) is 12.1. The molecule has 1 aliphatic heterocycles. The van der Waals surface area contributed by atoms with E-state index in [0.29, 0.717) is 17.5 Å². The molecule has 0 unspecified atom stereocenters. The molecule has 2 aromatic heterocycles. The van der Waals surface area contributed by atoms with Gasteiger partial charge in [0.25, 0.3) is 5.91 Å². The fourth-order valence-corrected chi connectivity index (χ4v) is 2.97. The molecule has 25 heavy (non-hydrogen) atoms. The summed E-state index contributed by atoms with van der Waals surface area (Å²) in [7, 11) is 0. The van der Waals surface area contributed by atoms with Gasteiger partial charge >= 0.3 is 0 Å². The number of hydrogen-bond donors (Lipinski definition) is 1. The maximum atomic E-state index is 11.7. The number of hydrogen-bond acceptors (Lipinski definition) is 6. The molecule has 0 radical (unpaired) electrons. The van der Waals surface area contributed by atoms with Gasteiger partial charge in [-0.15, -0.1) is 0 Å². The van der Waals surface area contributed by atoms with Gasteiger partial charge in [0.05, 0.1) is 11.3 Å². The van der Waals surface area contributed by atoms with Crippen LogP contribution in [-0.2, 0) is 0 Å². The van der Waals surface area contributed by atoms with E-state index < -0.39 is 5.91 Å². The van der Waals surface area contributed by atoms with Crippen molar-refractivity contribution < 1.29 is 9.59 Å². The molecular formula is C18H21N5O2. The molecule has 7 nitrogen and oxygen atoms in total. The molecule has 1 saturated heterocycles. The Bertz CT molecular complexity index is 767. The normalized spacial score (nSPS) is 14.4. The third kappa shape index (κ3) is 3.60. The van der Waals surface area contributed by atoms with Crippen molar-refractivity contribution in [2.24, 2.45) is 5.73 Å². The number of carbonyl (C=O) groups excluding carboxylic acids is 2. The molecule has 0 aliphatic carbocycles. The van der Waals surface area contributed by atoms with E-state index in [1.807, 2.05) is 25.1 Å². The molecule has 2 aromatic rings. The smallest absolute Gasteiger partial charge is 0.252 e. The maximum absolute atomic E-state index is 11.7. The van der Waals surface area contributed by atoms with Crippen LogP contribution in [0.4, 0.5) is 11.5 Å². The topological polar surface area (TPSA) is 92.4 Å². The minimum absolute atomic E-state index is 0.0977. The molecule has 130 valence electrons. The second-order valence-electron chi connectivity index (χ2n) is 5.91. The van der Waals surface area contributed by atoms with Crippen molar-refractivity contribution in [2.75, 3.05) is 36.0 Å². The largest absolute Gasteiger partial charge is 0.367 e. The van der Waals surface area contributed by atoms with E-state index >= 15 is 0 Å². The summed E-state index contributed by atoms with van der Waals surface area (Å²) in [5.74, 6) is 0.487. The van der Waals surface area contributed by atoms with E-state index in [1.165, 1.54) is 6.20 Å². The van der Waals surface area contributed by atoms with Crippen molar-refractivity contribution in [3.05, 3.63) is 47.9 Å².